The Morgan fingerprint density at radius 2 is 2.14 bits per heavy atom. The van der Waals surface area contributed by atoms with Gasteiger partial charge in [0.15, 0.2) is 5.82 Å². The van der Waals surface area contributed by atoms with Gasteiger partial charge in [-0.1, -0.05) is 17.3 Å². The molecule has 2 N–H and O–H groups in total. The molecule has 0 aliphatic heterocycles. The number of imidazole rings is 1. The number of benzene rings is 1. The zero-order chi connectivity index (χ0) is 14.7. The van der Waals surface area contributed by atoms with E-state index in [0.717, 1.165) is 29.7 Å². The van der Waals surface area contributed by atoms with Crippen molar-refractivity contribution >= 4 is 11.0 Å². The monoisotopic (exact) mass is 285 g/mol. The number of H-pyrrole nitrogens is 1. The highest BCUT2D eigenvalue weighted by molar-refractivity contribution is 5.74. The van der Waals surface area contributed by atoms with Crippen molar-refractivity contribution in [2.75, 3.05) is 7.05 Å². The van der Waals surface area contributed by atoms with E-state index < -0.39 is 0 Å². The number of para-hydroxylation sites is 2. The van der Waals surface area contributed by atoms with Crippen molar-refractivity contribution in [1.29, 1.82) is 0 Å². The highest BCUT2D eigenvalue weighted by atomic mass is 16.5. The first-order valence-electron chi connectivity index (χ1n) is 7.17. The maximum atomic E-state index is 5.28. The van der Waals surface area contributed by atoms with Crippen LogP contribution in [0.3, 0.4) is 0 Å². The summed E-state index contributed by atoms with van der Waals surface area (Å²) in [5, 5.41) is 7.21. The molecule has 0 bridgehead atoms. The summed E-state index contributed by atoms with van der Waals surface area (Å²) in [6.07, 6.45) is 2.32. The lowest BCUT2D eigenvalue weighted by molar-refractivity contribution is 0.365. The van der Waals surface area contributed by atoms with Crippen molar-refractivity contribution in [3.63, 3.8) is 0 Å². The van der Waals surface area contributed by atoms with Crippen LogP contribution in [0.2, 0.25) is 0 Å². The Kier molecular flexibility index (Phi) is 3.96. The van der Waals surface area contributed by atoms with E-state index in [4.69, 9.17) is 4.52 Å². The van der Waals surface area contributed by atoms with Gasteiger partial charge in [-0.2, -0.15) is 4.98 Å². The van der Waals surface area contributed by atoms with Crippen LogP contribution >= 0.6 is 0 Å². The van der Waals surface area contributed by atoms with Gasteiger partial charge in [0.1, 0.15) is 5.82 Å². The fourth-order valence-corrected chi connectivity index (χ4v) is 2.19. The Labute approximate surface area is 123 Å². The predicted octanol–water partition coefficient (Wildman–Crippen LogP) is 2.08. The van der Waals surface area contributed by atoms with Crippen LogP contribution in [0.15, 0.2) is 28.8 Å². The molecule has 3 rings (SSSR count). The fraction of sp³-hybridized carbons (Fsp3) is 0.400. The minimum absolute atomic E-state index is 0.440. The van der Waals surface area contributed by atoms with Crippen LogP contribution in [-0.4, -0.2) is 33.2 Å². The van der Waals surface area contributed by atoms with Crippen molar-refractivity contribution in [2.45, 2.75) is 32.2 Å². The van der Waals surface area contributed by atoms with Crippen molar-refractivity contribution in [3.05, 3.63) is 41.8 Å². The third kappa shape index (κ3) is 3.28. The Morgan fingerprint density at radius 1 is 1.29 bits per heavy atom. The van der Waals surface area contributed by atoms with Gasteiger partial charge >= 0.3 is 0 Å². The van der Waals surface area contributed by atoms with E-state index in [-0.39, 0.29) is 0 Å². The first-order valence-corrected chi connectivity index (χ1v) is 7.17. The van der Waals surface area contributed by atoms with Crippen LogP contribution in [0, 0.1) is 0 Å². The predicted molar refractivity (Wildman–Crippen MR) is 80.0 cm³/mol. The maximum Gasteiger partial charge on any atom is 0.226 e. The third-order valence-electron chi connectivity index (χ3n) is 3.56. The minimum atomic E-state index is 0.440. The second-order valence-electron chi connectivity index (χ2n) is 5.21. The Hall–Kier alpha value is -2.21. The van der Waals surface area contributed by atoms with Crippen LogP contribution in [-0.2, 0) is 12.8 Å². The molecule has 0 saturated heterocycles. The van der Waals surface area contributed by atoms with E-state index in [0.29, 0.717) is 24.2 Å². The molecule has 110 valence electrons. The van der Waals surface area contributed by atoms with Gasteiger partial charge in [0.2, 0.25) is 5.89 Å². The lowest BCUT2D eigenvalue weighted by atomic mass is 10.2. The Bertz CT molecular complexity index is 685. The minimum Gasteiger partial charge on any atom is -0.342 e. The van der Waals surface area contributed by atoms with E-state index in [1.807, 2.05) is 31.3 Å². The fourth-order valence-electron chi connectivity index (χ4n) is 2.19. The molecule has 0 radical (unpaired) electrons. The van der Waals surface area contributed by atoms with E-state index in [9.17, 15) is 0 Å². The molecule has 0 amide bonds. The van der Waals surface area contributed by atoms with Crippen molar-refractivity contribution in [1.82, 2.24) is 25.4 Å². The maximum absolute atomic E-state index is 5.28. The summed E-state index contributed by atoms with van der Waals surface area (Å²) in [5.41, 5.74) is 1.98. The molecule has 6 nitrogen and oxygen atoms in total. The van der Waals surface area contributed by atoms with Gasteiger partial charge in [-0.05, 0) is 32.5 Å². The number of aromatic amines is 1. The molecule has 0 saturated carbocycles. The highest BCUT2D eigenvalue weighted by Gasteiger charge is 2.10. The summed E-state index contributed by atoms with van der Waals surface area (Å²) in [7, 11) is 1.95. The molecule has 2 heterocycles. The molecular weight excluding hydrogens is 266 g/mol. The summed E-state index contributed by atoms with van der Waals surface area (Å²) >= 11 is 0. The average Bonchev–Trinajstić information content (AvgIpc) is 3.10. The molecule has 0 aliphatic carbocycles. The van der Waals surface area contributed by atoms with Gasteiger partial charge < -0.3 is 14.8 Å². The largest absolute Gasteiger partial charge is 0.342 e. The molecule has 0 fully saturated rings. The third-order valence-corrected chi connectivity index (χ3v) is 3.56. The normalized spacial score (nSPS) is 12.9. The molecular formula is C15H19N5O. The van der Waals surface area contributed by atoms with E-state index in [1.165, 1.54) is 0 Å². The average molecular weight is 285 g/mol. The molecule has 0 aliphatic rings. The topological polar surface area (TPSA) is 79.6 Å². The Balaban J connectivity index is 1.66. The molecule has 1 unspecified atom stereocenters. The molecule has 0 spiro atoms. The first-order chi connectivity index (χ1) is 10.2. The van der Waals surface area contributed by atoms with Crippen LogP contribution in [0.1, 0.15) is 30.9 Å². The van der Waals surface area contributed by atoms with E-state index in [2.05, 4.69) is 32.3 Å². The SMILES string of the molecule is CNC(C)CCc1nc(Cc2nc3ccccc3[nH]2)no1. The lowest BCUT2D eigenvalue weighted by Gasteiger charge is -2.06. The zero-order valence-electron chi connectivity index (χ0n) is 12.3. The van der Waals surface area contributed by atoms with Crippen LogP contribution < -0.4 is 5.32 Å². The number of hydrogen-bond donors (Lipinski definition) is 2. The number of fused-ring (bicyclic) bond motifs is 1. The number of nitrogens with one attached hydrogen (secondary N) is 2. The quantitative estimate of drug-likeness (QED) is 0.725. The van der Waals surface area contributed by atoms with Gasteiger partial charge in [-0.15, -0.1) is 0 Å². The summed E-state index contributed by atoms with van der Waals surface area (Å²) < 4.78 is 5.28. The lowest BCUT2D eigenvalue weighted by Crippen LogP contribution is -2.21. The molecule has 1 aromatic carbocycles. The highest BCUT2D eigenvalue weighted by Crippen LogP contribution is 2.12. The van der Waals surface area contributed by atoms with Crippen LogP contribution in [0.25, 0.3) is 11.0 Å². The first kappa shape index (κ1) is 13.8. The van der Waals surface area contributed by atoms with E-state index in [1.54, 1.807) is 0 Å². The van der Waals surface area contributed by atoms with Gasteiger partial charge in [0, 0.05) is 12.5 Å². The van der Waals surface area contributed by atoms with Crippen molar-refractivity contribution in [3.8, 4) is 0 Å². The summed E-state index contributed by atoms with van der Waals surface area (Å²) in [4.78, 5) is 12.2. The van der Waals surface area contributed by atoms with Gasteiger partial charge in [-0.3, -0.25) is 0 Å². The van der Waals surface area contributed by atoms with Crippen LogP contribution in [0.4, 0.5) is 0 Å². The van der Waals surface area contributed by atoms with Crippen molar-refractivity contribution < 1.29 is 4.52 Å². The molecule has 21 heavy (non-hydrogen) atoms. The van der Waals surface area contributed by atoms with Gasteiger partial charge in [-0.25, -0.2) is 4.98 Å². The number of nitrogens with zero attached hydrogens (tertiary/aromatic N) is 3. The smallest absolute Gasteiger partial charge is 0.226 e. The zero-order valence-corrected chi connectivity index (χ0v) is 12.3. The standard InChI is InChI=1S/C15H19N5O/c1-10(16-2)7-8-15-19-14(20-21-15)9-13-17-11-5-3-4-6-12(11)18-13/h3-6,10,16H,7-9H2,1-2H3,(H,17,18). The van der Waals surface area contributed by atoms with Crippen molar-refractivity contribution in [2.24, 2.45) is 0 Å². The molecule has 3 aromatic rings. The molecule has 1 atom stereocenters. The number of rotatable bonds is 6. The van der Waals surface area contributed by atoms with Crippen LogP contribution in [0.5, 0.6) is 0 Å². The van der Waals surface area contributed by atoms with Gasteiger partial charge in [0.05, 0.1) is 17.5 Å². The second kappa shape index (κ2) is 6.05. The summed E-state index contributed by atoms with van der Waals surface area (Å²) in [6, 6.07) is 8.39. The van der Waals surface area contributed by atoms with E-state index >= 15 is 0 Å². The van der Waals surface area contributed by atoms with Gasteiger partial charge in [0.25, 0.3) is 0 Å². The second-order valence-corrected chi connectivity index (χ2v) is 5.21. The molecule has 2 aromatic heterocycles. The molecule has 6 heteroatoms. The summed E-state index contributed by atoms with van der Waals surface area (Å²) in [5.74, 6) is 2.21. The Morgan fingerprint density at radius 3 is 2.95 bits per heavy atom. The summed E-state index contributed by atoms with van der Waals surface area (Å²) in [6.45, 7) is 2.13. The number of hydrogen-bond acceptors (Lipinski definition) is 5. The number of aromatic nitrogens is 4. The number of aryl methyl sites for hydroxylation is 1.